The van der Waals surface area contributed by atoms with Crippen LogP contribution in [-0.2, 0) is 4.74 Å². The number of unbranched alkanes of at least 4 members (excludes halogenated alkanes) is 5. The second-order valence-electron chi connectivity index (χ2n) is 14.5. The molecule has 12 heteroatoms. The van der Waals surface area contributed by atoms with Crippen molar-refractivity contribution in [2.45, 2.75) is 146 Å². The Bertz CT molecular complexity index is 586. The van der Waals surface area contributed by atoms with Crippen LogP contribution in [0.1, 0.15) is 128 Å². The second-order valence-corrected chi connectivity index (χ2v) is 14.5. The van der Waals surface area contributed by atoms with E-state index >= 15 is 0 Å². The van der Waals surface area contributed by atoms with Crippen molar-refractivity contribution in [3.63, 3.8) is 0 Å². The normalized spacial score (nSPS) is 11.4. The Kier molecular flexibility index (Phi) is 68.8. The number of rotatable bonds is 28. The van der Waals surface area contributed by atoms with Gasteiger partial charge in [0.25, 0.3) is 0 Å². The summed E-state index contributed by atoms with van der Waals surface area (Å²) in [4.78, 5) is 10.9. The van der Waals surface area contributed by atoms with Gasteiger partial charge in [-0.15, -0.1) is 0 Å². The molecule has 0 spiro atoms. The Hall–Kier alpha value is -0.480. The first kappa shape index (κ1) is 65.4. The first-order valence-corrected chi connectivity index (χ1v) is 21.5. The van der Waals surface area contributed by atoms with E-state index in [9.17, 15) is 0 Å². The smallest absolute Gasteiger partial charge is 0.151 e. The zero-order valence-corrected chi connectivity index (χ0v) is 39.1. The van der Waals surface area contributed by atoms with E-state index in [1.165, 1.54) is 51.5 Å². The molecule has 0 aromatic rings. The first-order valence-electron chi connectivity index (χ1n) is 21.5. The van der Waals surface area contributed by atoms with Crippen molar-refractivity contribution in [3.05, 3.63) is 0 Å². The van der Waals surface area contributed by atoms with Crippen molar-refractivity contribution in [1.82, 2.24) is 29.8 Å². The standard InChI is InChI=1S/C10H23NO.C8H19NO2.C8H19NO.C6H15NO.C6H15N.C4H11NO/c1-3-5-7-11(9-10-12)8-6-4-2;1-4-9(5-2)6-7-11-8(3)10;1-9(2)7-5-3-4-6-8-10;1-3-7(4-2)5-6-8;1-5(2)7-6(3)4;1-5(2)3-4-6/h12H,3-10H2,1-2H3;8,10H,4-7H2,1-3H3;10H,3-8H2,1-2H3;8H,3-6H2,1-2H3;5-7H,1-4H3;6H,3-4H2,1-2H3. The largest absolute Gasteiger partial charge is 0.396 e. The van der Waals surface area contributed by atoms with E-state index in [0.29, 0.717) is 31.9 Å². The Morgan fingerprint density at radius 1 is 0.444 bits per heavy atom. The number of hydrogen-bond donors (Lipinski definition) is 6. The predicted octanol–water partition coefficient (Wildman–Crippen LogP) is 4.92. The van der Waals surface area contributed by atoms with E-state index in [-0.39, 0.29) is 13.2 Å². The van der Waals surface area contributed by atoms with Gasteiger partial charge < -0.3 is 60.1 Å². The molecule has 0 heterocycles. The number of likely N-dealkylation sites (N-methyl/N-ethyl adjacent to an activating group) is 3. The van der Waals surface area contributed by atoms with E-state index in [2.05, 4.69) is 108 Å². The first-order chi connectivity index (χ1) is 25.6. The van der Waals surface area contributed by atoms with Gasteiger partial charge in [0, 0.05) is 44.9 Å². The summed E-state index contributed by atoms with van der Waals surface area (Å²) in [7, 11) is 8.03. The van der Waals surface area contributed by atoms with Gasteiger partial charge in [0.1, 0.15) is 0 Å². The zero-order chi connectivity index (χ0) is 43.0. The van der Waals surface area contributed by atoms with Gasteiger partial charge in [-0.2, -0.15) is 0 Å². The molecule has 0 bridgehead atoms. The zero-order valence-electron chi connectivity index (χ0n) is 39.1. The van der Waals surface area contributed by atoms with Crippen LogP contribution in [0.2, 0.25) is 0 Å². The monoisotopic (exact) mass is 787 g/mol. The van der Waals surface area contributed by atoms with E-state index in [0.717, 1.165) is 71.9 Å². The third-order valence-corrected chi connectivity index (χ3v) is 7.77. The van der Waals surface area contributed by atoms with Crippen molar-refractivity contribution in [2.75, 3.05) is 133 Å². The summed E-state index contributed by atoms with van der Waals surface area (Å²) in [5.74, 6) is 0. The maximum atomic E-state index is 8.79. The molecule has 0 amide bonds. The second kappa shape index (κ2) is 56.8. The fraction of sp³-hybridized carbons (Fsp3) is 1.00. The van der Waals surface area contributed by atoms with Gasteiger partial charge in [0.15, 0.2) is 6.29 Å². The van der Waals surface area contributed by atoms with Gasteiger partial charge in [0.2, 0.25) is 0 Å². The van der Waals surface area contributed by atoms with Gasteiger partial charge in [0.05, 0.1) is 26.4 Å². The van der Waals surface area contributed by atoms with Crippen molar-refractivity contribution >= 4 is 0 Å². The van der Waals surface area contributed by atoms with Gasteiger partial charge in [-0.3, -0.25) is 0 Å². The lowest BCUT2D eigenvalue weighted by molar-refractivity contribution is -0.0889. The molecule has 0 radical (unpaired) electrons. The molecule has 12 nitrogen and oxygen atoms in total. The predicted molar refractivity (Wildman–Crippen MR) is 237 cm³/mol. The Morgan fingerprint density at radius 3 is 1.09 bits per heavy atom. The van der Waals surface area contributed by atoms with E-state index in [4.69, 9.17) is 30.3 Å². The number of aliphatic hydroxyl groups is 5. The highest BCUT2D eigenvalue weighted by molar-refractivity contribution is 4.57. The van der Waals surface area contributed by atoms with Crippen molar-refractivity contribution in [1.29, 1.82) is 0 Å². The summed E-state index contributed by atoms with van der Waals surface area (Å²) in [6.45, 7) is 35.8. The van der Waals surface area contributed by atoms with E-state index in [1.54, 1.807) is 6.92 Å². The number of aliphatic hydroxyl groups excluding tert-OH is 5. The number of ether oxygens (including phenoxy) is 1. The molecule has 0 aliphatic heterocycles. The average molecular weight is 787 g/mol. The quantitative estimate of drug-likeness (QED) is 0.0475. The minimum absolute atomic E-state index is 0.257. The van der Waals surface area contributed by atoms with Crippen LogP contribution in [0.5, 0.6) is 0 Å². The van der Waals surface area contributed by atoms with Crippen LogP contribution in [0.15, 0.2) is 0 Å². The fourth-order valence-corrected chi connectivity index (χ4v) is 4.57. The summed E-state index contributed by atoms with van der Waals surface area (Å²) in [6.07, 6.45) is 9.00. The Labute approximate surface area is 338 Å². The van der Waals surface area contributed by atoms with Crippen LogP contribution in [0.25, 0.3) is 0 Å². The number of nitrogens with one attached hydrogen (secondary N) is 1. The summed E-state index contributed by atoms with van der Waals surface area (Å²) in [5.41, 5.74) is 0. The van der Waals surface area contributed by atoms with Gasteiger partial charge in [-0.1, -0.05) is 94.9 Å². The number of hydrogen-bond acceptors (Lipinski definition) is 12. The maximum Gasteiger partial charge on any atom is 0.151 e. The molecule has 0 aliphatic carbocycles. The van der Waals surface area contributed by atoms with Crippen molar-refractivity contribution < 1.29 is 30.3 Å². The number of nitrogens with zero attached hydrogens (tertiary/aromatic N) is 5. The highest BCUT2D eigenvalue weighted by Crippen LogP contribution is 1.99. The fourth-order valence-electron chi connectivity index (χ4n) is 4.57. The van der Waals surface area contributed by atoms with Crippen LogP contribution in [-0.4, -0.2) is 202 Å². The molecule has 0 rings (SSSR count). The van der Waals surface area contributed by atoms with E-state index in [1.807, 2.05) is 19.0 Å². The molecule has 0 aromatic heterocycles. The minimum Gasteiger partial charge on any atom is -0.396 e. The Balaban J connectivity index is -0.000000130. The molecule has 1 atom stereocenters. The van der Waals surface area contributed by atoms with Crippen molar-refractivity contribution in [2.24, 2.45) is 0 Å². The van der Waals surface area contributed by atoms with Crippen LogP contribution in [0.3, 0.4) is 0 Å². The molecule has 0 saturated heterocycles. The third-order valence-electron chi connectivity index (χ3n) is 7.77. The highest BCUT2D eigenvalue weighted by atomic mass is 16.6. The van der Waals surface area contributed by atoms with E-state index < -0.39 is 6.29 Å². The van der Waals surface area contributed by atoms with Crippen molar-refractivity contribution in [3.8, 4) is 0 Å². The summed E-state index contributed by atoms with van der Waals surface area (Å²) in [6, 6.07) is 1.25. The molecule has 336 valence electrons. The lowest BCUT2D eigenvalue weighted by Gasteiger charge is -2.20. The molecular weight excluding hydrogens is 684 g/mol. The lowest BCUT2D eigenvalue weighted by Crippen LogP contribution is -2.29. The molecule has 0 fully saturated rings. The van der Waals surface area contributed by atoms with Gasteiger partial charge >= 0.3 is 0 Å². The van der Waals surface area contributed by atoms with Crippen LogP contribution >= 0.6 is 0 Å². The minimum atomic E-state index is -0.634. The molecule has 0 aromatic carbocycles. The summed E-state index contributed by atoms with van der Waals surface area (Å²) in [5, 5.41) is 46.0. The van der Waals surface area contributed by atoms with Gasteiger partial charge in [-0.05, 0) is 107 Å². The summed E-state index contributed by atoms with van der Waals surface area (Å²) >= 11 is 0. The summed E-state index contributed by atoms with van der Waals surface area (Å²) < 4.78 is 4.99. The van der Waals surface area contributed by atoms with Crippen LogP contribution in [0.4, 0.5) is 0 Å². The SMILES string of the molecule is CC(C)NC(C)C.CCCCN(CCO)CCCC.CCN(CC)CCO.CCN(CC)CCOC(C)O.CN(C)CCCCCCO.CN(C)CCO. The van der Waals surface area contributed by atoms with Gasteiger partial charge in [-0.25, -0.2) is 0 Å². The maximum absolute atomic E-state index is 8.79. The average Bonchev–Trinajstić information content (AvgIpc) is 3.10. The molecule has 54 heavy (non-hydrogen) atoms. The Morgan fingerprint density at radius 2 is 0.833 bits per heavy atom. The molecule has 1 unspecified atom stereocenters. The molecule has 6 N–H and O–H groups in total. The highest BCUT2D eigenvalue weighted by Gasteiger charge is 2.02. The van der Waals surface area contributed by atoms with Crippen LogP contribution < -0.4 is 5.32 Å². The molecule has 0 aliphatic rings. The lowest BCUT2D eigenvalue weighted by atomic mass is 10.2. The topological polar surface area (TPSA) is 139 Å². The third kappa shape index (κ3) is 76.3. The molecule has 0 saturated carbocycles. The molecular formula is C42H102N6O6. The van der Waals surface area contributed by atoms with Crippen LogP contribution in [0, 0.1) is 0 Å².